The highest BCUT2D eigenvalue weighted by molar-refractivity contribution is 6.26. The van der Waals surface area contributed by atoms with Crippen LogP contribution in [0.5, 0.6) is 0 Å². The predicted octanol–water partition coefficient (Wildman–Crippen LogP) is 15.0. The molecule has 0 N–H and O–H groups in total. The number of benzene rings is 10. The molecule has 10 aromatic rings. The zero-order valence-electron chi connectivity index (χ0n) is 30.9. The number of hydrogen-bond donors (Lipinski definition) is 0. The zero-order valence-corrected chi connectivity index (χ0v) is 30.9. The highest BCUT2D eigenvalue weighted by atomic mass is 14.4. The van der Waals surface area contributed by atoms with E-state index in [0.29, 0.717) is 0 Å². The Balaban J connectivity index is 1.16. The summed E-state index contributed by atoms with van der Waals surface area (Å²) >= 11 is 0. The van der Waals surface area contributed by atoms with Crippen molar-refractivity contribution in [3.05, 3.63) is 168 Å². The van der Waals surface area contributed by atoms with Crippen LogP contribution in [-0.4, -0.2) is 0 Å². The number of hydrogen-bond acceptors (Lipinski definition) is 0. The second-order valence-corrected chi connectivity index (χ2v) is 16.9. The lowest BCUT2D eigenvalue weighted by Crippen LogP contribution is -2.15. The smallest absolute Gasteiger partial charge is 0.0159 e. The van der Waals surface area contributed by atoms with E-state index in [2.05, 4.69) is 186 Å². The van der Waals surface area contributed by atoms with E-state index in [0.717, 1.165) is 0 Å². The summed E-state index contributed by atoms with van der Waals surface area (Å²) < 4.78 is 0. The molecule has 1 aliphatic rings. The summed E-state index contributed by atoms with van der Waals surface area (Å²) in [5, 5.41) is 16.0. The van der Waals surface area contributed by atoms with E-state index >= 15 is 0 Å². The minimum atomic E-state index is -0.129. The second kappa shape index (κ2) is 10.6. The van der Waals surface area contributed by atoms with Gasteiger partial charge in [0.15, 0.2) is 0 Å². The third-order valence-electron chi connectivity index (χ3n) is 12.4. The van der Waals surface area contributed by atoms with Gasteiger partial charge in [0, 0.05) is 5.41 Å². The molecule has 0 saturated carbocycles. The molecule has 0 radical (unpaired) electrons. The van der Waals surface area contributed by atoms with Crippen molar-refractivity contribution in [3.8, 4) is 33.4 Å². The van der Waals surface area contributed by atoms with Gasteiger partial charge in [0.2, 0.25) is 0 Å². The first-order chi connectivity index (χ1) is 25.7. The third kappa shape index (κ3) is 4.18. The second-order valence-electron chi connectivity index (χ2n) is 16.9. The molecule has 0 aliphatic heterocycles. The third-order valence-corrected chi connectivity index (χ3v) is 12.4. The summed E-state index contributed by atoms with van der Waals surface area (Å²) in [7, 11) is 0. The molecule has 0 bridgehead atoms. The van der Waals surface area contributed by atoms with Crippen LogP contribution in [0.25, 0.3) is 98.0 Å². The Morgan fingerprint density at radius 2 is 0.981 bits per heavy atom. The van der Waals surface area contributed by atoms with Crippen LogP contribution in [-0.2, 0) is 10.8 Å². The van der Waals surface area contributed by atoms with Crippen molar-refractivity contribution >= 4 is 64.6 Å². The van der Waals surface area contributed by atoms with Gasteiger partial charge in [0.25, 0.3) is 0 Å². The highest BCUT2D eigenvalue weighted by Crippen LogP contribution is 2.54. The fourth-order valence-electron chi connectivity index (χ4n) is 10.1. The van der Waals surface area contributed by atoms with Crippen LogP contribution in [0.15, 0.2) is 152 Å². The molecule has 0 spiro atoms. The van der Waals surface area contributed by atoms with Crippen molar-refractivity contribution in [2.75, 3.05) is 0 Å². The molecule has 0 fully saturated rings. The molecule has 0 nitrogen and oxygen atoms in total. The normalized spacial score (nSPS) is 13.9. The molecule has 1 aliphatic carbocycles. The summed E-state index contributed by atoms with van der Waals surface area (Å²) in [4.78, 5) is 0. The van der Waals surface area contributed by atoms with Gasteiger partial charge in [0.1, 0.15) is 0 Å². The van der Waals surface area contributed by atoms with Crippen LogP contribution >= 0.6 is 0 Å². The van der Waals surface area contributed by atoms with E-state index in [9.17, 15) is 0 Å². The molecule has 10 aromatic carbocycles. The topological polar surface area (TPSA) is 0 Å². The summed E-state index contributed by atoms with van der Waals surface area (Å²) in [6.07, 6.45) is 0. The monoisotopic (exact) mass is 676 g/mol. The Labute approximate surface area is 310 Å². The van der Waals surface area contributed by atoms with Gasteiger partial charge in [-0.2, -0.15) is 0 Å². The number of rotatable bonds is 2. The maximum Gasteiger partial charge on any atom is 0.0159 e. The van der Waals surface area contributed by atoms with Crippen LogP contribution in [0.2, 0.25) is 0 Å². The first-order valence-electron chi connectivity index (χ1n) is 19.0. The van der Waals surface area contributed by atoms with Gasteiger partial charge in [0.05, 0.1) is 0 Å². The van der Waals surface area contributed by atoms with Gasteiger partial charge in [-0.25, -0.2) is 0 Å². The summed E-state index contributed by atoms with van der Waals surface area (Å²) in [5.74, 6) is 0. The molecule has 0 aromatic heterocycles. The first kappa shape index (κ1) is 30.6. The molecule has 0 unspecified atom stereocenters. The van der Waals surface area contributed by atoms with Crippen molar-refractivity contribution in [2.24, 2.45) is 0 Å². The number of fused-ring (bicyclic) bond motifs is 7. The quantitative estimate of drug-likeness (QED) is 0.126. The molecule has 11 rings (SSSR count). The van der Waals surface area contributed by atoms with Crippen molar-refractivity contribution < 1.29 is 0 Å². The van der Waals surface area contributed by atoms with Crippen molar-refractivity contribution in [3.63, 3.8) is 0 Å². The minimum absolute atomic E-state index is 0.0592. The lowest BCUT2D eigenvalue weighted by atomic mass is 9.77. The Bertz CT molecular complexity index is 3140. The fourth-order valence-corrected chi connectivity index (χ4v) is 10.1. The zero-order chi connectivity index (χ0) is 35.8. The highest BCUT2D eigenvalue weighted by Gasteiger charge is 2.37. The molecule has 0 saturated heterocycles. The molecule has 0 atom stereocenters. The van der Waals surface area contributed by atoms with Crippen LogP contribution in [0.3, 0.4) is 0 Å². The molecule has 0 amide bonds. The fraction of sp³-hybridized carbons (Fsp3) is 0.132. The van der Waals surface area contributed by atoms with E-state index in [4.69, 9.17) is 0 Å². The Morgan fingerprint density at radius 3 is 1.79 bits per heavy atom. The molecule has 252 valence electrons. The summed E-state index contributed by atoms with van der Waals surface area (Å²) in [5.41, 5.74) is 12.0. The van der Waals surface area contributed by atoms with E-state index in [1.165, 1.54) is 115 Å². The molecular weight excluding hydrogens is 637 g/mol. The maximum absolute atomic E-state index is 2.49. The van der Waals surface area contributed by atoms with E-state index in [1.807, 2.05) is 0 Å². The molecular formula is C53H40. The maximum atomic E-state index is 2.49. The lowest BCUT2D eigenvalue weighted by molar-refractivity contribution is 0.601. The van der Waals surface area contributed by atoms with E-state index in [1.54, 1.807) is 0 Å². The summed E-state index contributed by atoms with van der Waals surface area (Å²) in [6.45, 7) is 11.9. The lowest BCUT2D eigenvalue weighted by Gasteiger charge is -2.27. The van der Waals surface area contributed by atoms with Crippen molar-refractivity contribution in [1.82, 2.24) is 0 Å². The molecule has 0 heteroatoms. The largest absolute Gasteiger partial charge is 0.0616 e. The van der Waals surface area contributed by atoms with Crippen LogP contribution in [0.1, 0.15) is 51.3 Å². The Morgan fingerprint density at radius 1 is 0.377 bits per heavy atom. The van der Waals surface area contributed by atoms with Crippen LogP contribution < -0.4 is 0 Å². The Hall–Kier alpha value is -5.98. The minimum Gasteiger partial charge on any atom is -0.0616 e. The van der Waals surface area contributed by atoms with Crippen LogP contribution in [0.4, 0.5) is 0 Å². The van der Waals surface area contributed by atoms with Gasteiger partial charge in [-0.05, 0) is 138 Å². The summed E-state index contributed by atoms with van der Waals surface area (Å²) in [6, 6.07) is 57.6. The van der Waals surface area contributed by atoms with Gasteiger partial charge in [-0.1, -0.05) is 168 Å². The van der Waals surface area contributed by atoms with Gasteiger partial charge >= 0.3 is 0 Å². The van der Waals surface area contributed by atoms with Gasteiger partial charge in [-0.3, -0.25) is 0 Å². The van der Waals surface area contributed by atoms with E-state index < -0.39 is 0 Å². The van der Waals surface area contributed by atoms with Crippen LogP contribution in [0, 0.1) is 0 Å². The van der Waals surface area contributed by atoms with Crippen molar-refractivity contribution in [1.29, 1.82) is 0 Å². The van der Waals surface area contributed by atoms with Gasteiger partial charge < -0.3 is 0 Å². The van der Waals surface area contributed by atoms with Crippen molar-refractivity contribution in [2.45, 2.75) is 45.4 Å². The SMILES string of the molecule is CC(C)(C)c1c2ccccc2c(-c2cccc3ccccc23)c2ccc(-c3ccc4c(c3)C(C)(C)c3cc5ccc6cccc7ccc(c3-4)c5c67)cc12. The first-order valence-corrected chi connectivity index (χ1v) is 19.0. The molecule has 53 heavy (non-hydrogen) atoms. The predicted molar refractivity (Wildman–Crippen MR) is 230 cm³/mol. The van der Waals surface area contributed by atoms with Gasteiger partial charge in [-0.15, -0.1) is 0 Å². The van der Waals surface area contributed by atoms with E-state index in [-0.39, 0.29) is 10.8 Å². The Kier molecular flexibility index (Phi) is 6.10. The molecule has 0 heterocycles. The standard InChI is InChI=1S/C53H40/c1-52(2,3)51-41-18-9-8-17-39(41)49(38-19-11-13-31-12-6-7-16-37(31)38)40-25-23-34(28-44(40)51)35-24-26-42-45(29-35)53(4,5)46-30-36-21-20-32-14-10-15-33-22-27-43(50(42)46)48(36)47(32)33/h6-30H,1-5H3. The average molecular weight is 677 g/mol. The average Bonchev–Trinajstić information content (AvgIpc) is 3.40.